The highest BCUT2D eigenvalue weighted by Crippen LogP contribution is 2.21. The number of ether oxygens (including phenoxy) is 1. The van der Waals surface area contributed by atoms with Crippen LogP contribution in [0.15, 0.2) is 48.5 Å². The van der Waals surface area contributed by atoms with Gasteiger partial charge < -0.3 is 15.0 Å². The van der Waals surface area contributed by atoms with E-state index >= 15 is 0 Å². The molecular formula is C22H28IN3O5S. The third kappa shape index (κ3) is 6.83. The second-order valence-electron chi connectivity index (χ2n) is 7.16. The largest absolute Gasteiger partial charge is 0.497 e. The van der Waals surface area contributed by atoms with Crippen LogP contribution in [-0.2, 0) is 26.2 Å². The zero-order valence-corrected chi connectivity index (χ0v) is 21.5. The zero-order valence-electron chi connectivity index (χ0n) is 18.5. The van der Waals surface area contributed by atoms with Crippen molar-refractivity contribution in [1.29, 1.82) is 0 Å². The molecule has 0 aliphatic heterocycles. The number of nitrogens with zero attached hydrogens (tertiary/aromatic N) is 2. The SMILES string of the molecule is CC[C@@H](C(=O)NC)N(Cc1cccc(OC)c1)C(=O)CN(c1ccc(I)cc1)S(C)(=O)=O. The number of amides is 2. The van der Waals surface area contributed by atoms with Gasteiger partial charge in [-0.05, 0) is 71.0 Å². The molecule has 0 radical (unpaired) electrons. The van der Waals surface area contributed by atoms with Crippen LogP contribution in [0.3, 0.4) is 0 Å². The molecule has 8 nitrogen and oxygen atoms in total. The van der Waals surface area contributed by atoms with Gasteiger partial charge in [0.2, 0.25) is 21.8 Å². The van der Waals surface area contributed by atoms with E-state index in [9.17, 15) is 18.0 Å². The van der Waals surface area contributed by atoms with Crippen LogP contribution < -0.4 is 14.4 Å². The van der Waals surface area contributed by atoms with Gasteiger partial charge in [-0.3, -0.25) is 13.9 Å². The predicted molar refractivity (Wildman–Crippen MR) is 133 cm³/mol. The summed E-state index contributed by atoms with van der Waals surface area (Å²) < 4.78 is 32.3. The first-order chi connectivity index (χ1) is 15.1. The Kier molecular flexibility index (Phi) is 9.32. The number of carbonyl (C=O) groups is 2. The highest BCUT2D eigenvalue weighted by Gasteiger charge is 2.31. The van der Waals surface area contributed by atoms with Crippen molar-refractivity contribution in [2.24, 2.45) is 0 Å². The Balaban J connectivity index is 2.42. The van der Waals surface area contributed by atoms with Gasteiger partial charge >= 0.3 is 0 Å². The molecule has 0 bridgehead atoms. The minimum atomic E-state index is -3.74. The number of rotatable bonds is 10. The maximum absolute atomic E-state index is 13.4. The summed E-state index contributed by atoms with van der Waals surface area (Å²) in [6, 6.07) is 13.3. The van der Waals surface area contributed by atoms with Gasteiger partial charge in [0.05, 0.1) is 19.1 Å². The lowest BCUT2D eigenvalue weighted by atomic mass is 10.1. The number of benzene rings is 2. The standard InChI is InChI=1S/C22H28IN3O5S/c1-5-20(22(28)24-2)25(14-16-7-6-8-19(13-16)31-3)21(27)15-26(32(4,29)30)18-11-9-17(23)10-12-18/h6-13,20H,5,14-15H2,1-4H3,(H,24,28)/t20-/m0/s1. The summed E-state index contributed by atoms with van der Waals surface area (Å²) in [7, 11) is -0.683. The Morgan fingerprint density at radius 2 is 1.81 bits per heavy atom. The van der Waals surface area contributed by atoms with Crippen LogP contribution in [0.1, 0.15) is 18.9 Å². The van der Waals surface area contributed by atoms with Crippen LogP contribution in [0.5, 0.6) is 5.75 Å². The molecule has 32 heavy (non-hydrogen) atoms. The number of likely N-dealkylation sites (N-methyl/N-ethyl adjacent to an activating group) is 1. The van der Waals surface area contributed by atoms with Gasteiger partial charge in [0.15, 0.2) is 0 Å². The van der Waals surface area contributed by atoms with E-state index in [2.05, 4.69) is 27.9 Å². The number of anilines is 1. The summed E-state index contributed by atoms with van der Waals surface area (Å²) >= 11 is 2.12. The number of carbonyl (C=O) groups excluding carboxylic acids is 2. The molecule has 1 atom stereocenters. The van der Waals surface area contributed by atoms with Crippen molar-refractivity contribution in [3.05, 3.63) is 57.7 Å². The molecule has 0 heterocycles. The highest BCUT2D eigenvalue weighted by atomic mass is 127. The van der Waals surface area contributed by atoms with Crippen LogP contribution in [0.4, 0.5) is 5.69 Å². The van der Waals surface area contributed by atoms with Crippen LogP contribution in [0, 0.1) is 3.57 Å². The first-order valence-electron chi connectivity index (χ1n) is 9.98. The fourth-order valence-corrected chi connectivity index (χ4v) is 4.48. The summed E-state index contributed by atoms with van der Waals surface area (Å²) in [6.07, 6.45) is 1.43. The van der Waals surface area contributed by atoms with Crippen molar-refractivity contribution in [3.63, 3.8) is 0 Å². The van der Waals surface area contributed by atoms with Crippen molar-refractivity contribution in [1.82, 2.24) is 10.2 Å². The molecule has 1 N–H and O–H groups in total. The first kappa shape index (κ1) is 25.9. The van der Waals surface area contributed by atoms with E-state index < -0.39 is 28.5 Å². The van der Waals surface area contributed by atoms with Crippen LogP contribution in [-0.4, -0.2) is 58.1 Å². The molecule has 10 heteroatoms. The van der Waals surface area contributed by atoms with Crippen molar-refractivity contribution < 1.29 is 22.7 Å². The number of hydrogen-bond donors (Lipinski definition) is 1. The highest BCUT2D eigenvalue weighted by molar-refractivity contribution is 14.1. The van der Waals surface area contributed by atoms with E-state index in [0.717, 1.165) is 19.7 Å². The van der Waals surface area contributed by atoms with Gasteiger partial charge in [0.25, 0.3) is 0 Å². The number of halogens is 1. The Morgan fingerprint density at radius 1 is 1.16 bits per heavy atom. The normalized spacial score (nSPS) is 12.0. The number of hydrogen-bond acceptors (Lipinski definition) is 5. The molecule has 0 spiro atoms. The van der Waals surface area contributed by atoms with Gasteiger partial charge in [-0.25, -0.2) is 8.42 Å². The molecule has 0 saturated carbocycles. The van der Waals surface area contributed by atoms with E-state index in [0.29, 0.717) is 17.9 Å². The smallest absolute Gasteiger partial charge is 0.244 e. The molecule has 2 rings (SSSR count). The van der Waals surface area contributed by atoms with E-state index in [1.165, 1.54) is 11.9 Å². The fourth-order valence-electron chi connectivity index (χ4n) is 3.27. The monoisotopic (exact) mass is 573 g/mol. The topological polar surface area (TPSA) is 96.0 Å². The lowest BCUT2D eigenvalue weighted by Gasteiger charge is -2.32. The Hall–Kier alpha value is -2.34. The quantitative estimate of drug-likeness (QED) is 0.441. The lowest BCUT2D eigenvalue weighted by Crippen LogP contribution is -2.51. The average molecular weight is 573 g/mol. The lowest BCUT2D eigenvalue weighted by molar-refractivity contribution is -0.140. The maximum atomic E-state index is 13.4. The molecule has 0 aromatic heterocycles. The second kappa shape index (κ2) is 11.5. The molecule has 0 saturated heterocycles. The molecule has 0 aliphatic carbocycles. The molecular weight excluding hydrogens is 545 g/mol. The average Bonchev–Trinajstić information content (AvgIpc) is 2.77. The summed E-state index contributed by atoms with van der Waals surface area (Å²) in [5.41, 5.74) is 1.15. The molecule has 2 aromatic carbocycles. The van der Waals surface area contributed by atoms with Gasteiger partial charge in [-0.15, -0.1) is 0 Å². The summed E-state index contributed by atoms with van der Waals surface area (Å²) in [4.78, 5) is 27.4. The first-order valence-corrected chi connectivity index (χ1v) is 12.9. The van der Waals surface area contributed by atoms with E-state index in [4.69, 9.17) is 4.74 Å². The molecule has 0 unspecified atom stereocenters. The number of methoxy groups -OCH3 is 1. The molecule has 0 aliphatic rings. The van der Waals surface area contributed by atoms with Crippen LogP contribution >= 0.6 is 22.6 Å². The van der Waals surface area contributed by atoms with E-state index in [1.54, 1.807) is 56.5 Å². The van der Waals surface area contributed by atoms with Crippen molar-refractivity contribution >= 4 is 50.1 Å². The number of nitrogens with one attached hydrogen (secondary N) is 1. The van der Waals surface area contributed by atoms with Crippen molar-refractivity contribution in [2.45, 2.75) is 25.9 Å². The van der Waals surface area contributed by atoms with Gasteiger partial charge in [-0.2, -0.15) is 0 Å². The third-order valence-electron chi connectivity index (χ3n) is 4.91. The Bertz CT molecular complexity index is 1040. The zero-order chi connectivity index (χ0) is 23.9. The summed E-state index contributed by atoms with van der Waals surface area (Å²) in [5.74, 6) is -0.171. The van der Waals surface area contributed by atoms with Crippen molar-refractivity contribution in [3.8, 4) is 5.75 Å². The molecule has 174 valence electrons. The maximum Gasteiger partial charge on any atom is 0.244 e. The molecule has 0 fully saturated rings. The third-order valence-corrected chi connectivity index (χ3v) is 6.77. The van der Waals surface area contributed by atoms with E-state index in [-0.39, 0.29) is 12.5 Å². The predicted octanol–water partition coefficient (Wildman–Crippen LogP) is 2.62. The van der Waals surface area contributed by atoms with Gasteiger partial charge in [0, 0.05) is 17.2 Å². The Labute approximate surface area is 203 Å². The minimum Gasteiger partial charge on any atom is -0.497 e. The van der Waals surface area contributed by atoms with Crippen LogP contribution in [0.2, 0.25) is 0 Å². The van der Waals surface area contributed by atoms with Crippen molar-refractivity contribution in [2.75, 3.05) is 31.3 Å². The van der Waals surface area contributed by atoms with Gasteiger partial charge in [0.1, 0.15) is 18.3 Å². The summed E-state index contributed by atoms with van der Waals surface area (Å²) in [5, 5.41) is 2.59. The van der Waals surface area contributed by atoms with E-state index in [1.807, 2.05) is 6.07 Å². The number of sulfonamides is 1. The fraction of sp³-hybridized carbons (Fsp3) is 0.364. The minimum absolute atomic E-state index is 0.131. The second-order valence-corrected chi connectivity index (χ2v) is 10.3. The summed E-state index contributed by atoms with van der Waals surface area (Å²) in [6.45, 7) is 1.52. The van der Waals surface area contributed by atoms with Gasteiger partial charge in [-0.1, -0.05) is 19.1 Å². The molecule has 2 aromatic rings. The Morgan fingerprint density at radius 3 is 2.34 bits per heavy atom. The van der Waals surface area contributed by atoms with Crippen LogP contribution in [0.25, 0.3) is 0 Å². The molecule has 2 amide bonds.